The van der Waals surface area contributed by atoms with Crippen molar-refractivity contribution in [3.8, 4) is 0 Å². The number of benzene rings is 1. The van der Waals surface area contributed by atoms with E-state index in [0.29, 0.717) is 0 Å². The first kappa shape index (κ1) is 15.9. The van der Waals surface area contributed by atoms with E-state index < -0.39 is 23.6 Å². The van der Waals surface area contributed by atoms with Gasteiger partial charge in [-0.2, -0.15) is 0 Å². The molecule has 118 valence electrons. The van der Waals surface area contributed by atoms with Crippen molar-refractivity contribution in [1.82, 2.24) is 15.2 Å². The van der Waals surface area contributed by atoms with Gasteiger partial charge in [0.05, 0.1) is 6.42 Å². The molecule has 8 heteroatoms. The van der Waals surface area contributed by atoms with Crippen molar-refractivity contribution in [2.45, 2.75) is 19.4 Å². The smallest absolute Gasteiger partial charge is 0.250 e. The van der Waals surface area contributed by atoms with E-state index in [2.05, 4.69) is 5.32 Å². The molecule has 1 aromatic rings. The van der Waals surface area contributed by atoms with E-state index in [9.17, 15) is 18.4 Å². The van der Waals surface area contributed by atoms with Gasteiger partial charge in [0.25, 0.3) is 0 Å². The van der Waals surface area contributed by atoms with E-state index in [-0.39, 0.29) is 24.6 Å². The molecule has 1 aliphatic rings. The van der Waals surface area contributed by atoms with E-state index in [1.54, 1.807) is 0 Å². The van der Waals surface area contributed by atoms with Gasteiger partial charge in [0, 0.05) is 18.5 Å². The first-order chi connectivity index (χ1) is 10.3. The van der Waals surface area contributed by atoms with Crippen molar-refractivity contribution >= 4 is 11.8 Å². The predicted octanol–water partition coefficient (Wildman–Crippen LogP) is 0.459. The highest BCUT2D eigenvalue weighted by Crippen LogP contribution is 2.09. The summed E-state index contributed by atoms with van der Waals surface area (Å²) in [5, 5.41) is 3.81. The number of halogens is 2. The minimum atomic E-state index is -0.776. The molecular formula is C14H16F2N4O2. The molecule has 0 radical (unpaired) electrons. The fourth-order valence-corrected chi connectivity index (χ4v) is 2.08. The molecule has 6 nitrogen and oxygen atoms in total. The number of hydrogen-bond acceptors (Lipinski definition) is 4. The Balaban J connectivity index is 1.91. The number of nitrogens with zero attached hydrogens (tertiary/aromatic N) is 2. The van der Waals surface area contributed by atoms with Crippen LogP contribution in [-0.2, 0) is 16.0 Å². The lowest BCUT2D eigenvalue weighted by Crippen LogP contribution is -2.46. The molecule has 0 spiro atoms. The third-order valence-electron chi connectivity index (χ3n) is 3.07. The van der Waals surface area contributed by atoms with Crippen LogP contribution in [0.15, 0.2) is 30.6 Å². The molecule has 22 heavy (non-hydrogen) atoms. The van der Waals surface area contributed by atoms with Crippen molar-refractivity contribution in [1.29, 1.82) is 0 Å². The van der Waals surface area contributed by atoms with Gasteiger partial charge in [-0.1, -0.05) is 0 Å². The lowest BCUT2D eigenvalue weighted by atomic mass is 10.1. The molecule has 0 saturated heterocycles. The first-order valence-corrected chi connectivity index (χ1v) is 6.59. The number of carbonyl (C=O) groups excluding carboxylic acids is 2. The van der Waals surface area contributed by atoms with Gasteiger partial charge in [0.1, 0.15) is 24.3 Å². The van der Waals surface area contributed by atoms with Crippen LogP contribution in [0.3, 0.4) is 0 Å². The Morgan fingerprint density at radius 1 is 1.27 bits per heavy atom. The summed E-state index contributed by atoms with van der Waals surface area (Å²) in [5.74, 6) is 3.15. The molecule has 3 N–H and O–H groups in total. The van der Waals surface area contributed by atoms with Crippen LogP contribution >= 0.6 is 0 Å². The highest BCUT2D eigenvalue weighted by molar-refractivity contribution is 5.88. The quantitative estimate of drug-likeness (QED) is 0.792. The molecule has 0 fully saturated rings. The monoisotopic (exact) mass is 310 g/mol. The fourth-order valence-electron chi connectivity index (χ4n) is 2.08. The maximum Gasteiger partial charge on any atom is 0.250 e. The third-order valence-corrected chi connectivity index (χ3v) is 3.07. The van der Waals surface area contributed by atoms with Crippen molar-refractivity contribution in [2.75, 3.05) is 6.67 Å². The second-order valence-electron chi connectivity index (χ2n) is 5.01. The normalized spacial score (nSPS) is 15.1. The lowest BCUT2D eigenvalue weighted by Gasteiger charge is -2.21. The number of nitrogens with two attached hydrogens (primary N) is 1. The van der Waals surface area contributed by atoms with E-state index in [0.717, 1.165) is 18.2 Å². The third kappa shape index (κ3) is 4.01. The Bertz CT molecular complexity index is 601. The molecule has 0 unspecified atom stereocenters. The molecule has 1 aliphatic heterocycles. The highest BCUT2D eigenvalue weighted by Gasteiger charge is 2.23. The maximum absolute atomic E-state index is 13.1. The molecule has 2 amide bonds. The number of nitrogens with one attached hydrogen (secondary N) is 1. The summed E-state index contributed by atoms with van der Waals surface area (Å²) in [6.07, 6.45) is 2.82. The highest BCUT2D eigenvalue weighted by atomic mass is 19.1. The van der Waals surface area contributed by atoms with Crippen molar-refractivity contribution < 1.29 is 18.4 Å². The van der Waals surface area contributed by atoms with Crippen LogP contribution in [0.25, 0.3) is 0 Å². The topological polar surface area (TPSA) is 78.7 Å². The van der Waals surface area contributed by atoms with Gasteiger partial charge in [0.2, 0.25) is 11.8 Å². The van der Waals surface area contributed by atoms with E-state index in [1.165, 1.54) is 29.2 Å². The van der Waals surface area contributed by atoms with Crippen molar-refractivity contribution in [3.63, 3.8) is 0 Å². The van der Waals surface area contributed by atoms with Crippen molar-refractivity contribution in [2.24, 2.45) is 5.84 Å². The molecule has 0 aromatic heterocycles. The number of rotatable bonds is 4. The Morgan fingerprint density at radius 2 is 1.91 bits per heavy atom. The Kier molecular flexibility index (Phi) is 4.71. The van der Waals surface area contributed by atoms with Crippen LogP contribution < -0.4 is 11.2 Å². The van der Waals surface area contributed by atoms with Gasteiger partial charge in [0.15, 0.2) is 0 Å². The fraction of sp³-hybridized carbons (Fsp3) is 0.286. The number of amides is 2. The largest absolute Gasteiger partial charge is 0.344 e. The van der Waals surface area contributed by atoms with Gasteiger partial charge in [-0.05, 0) is 24.6 Å². The van der Waals surface area contributed by atoms with Crippen LogP contribution in [0.1, 0.15) is 12.5 Å². The summed E-state index contributed by atoms with van der Waals surface area (Å²) >= 11 is 0. The van der Waals surface area contributed by atoms with E-state index in [1.807, 2.05) is 0 Å². The number of hydrazine groups is 1. The zero-order valence-corrected chi connectivity index (χ0v) is 11.9. The molecule has 0 aliphatic carbocycles. The van der Waals surface area contributed by atoms with Gasteiger partial charge in [-0.3, -0.25) is 19.5 Å². The van der Waals surface area contributed by atoms with Crippen LogP contribution in [0.4, 0.5) is 8.78 Å². The Labute approximate surface area is 126 Å². The second kappa shape index (κ2) is 6.52. The molecule has 1 atom stereocenters. The SMILES string of the molecule is C[C@@H](NC(=O)Cc1cc(F)cc(F)c1)C(=O)N1C=CN(N)C1. The van der Waals surface area contributed by atoms with Gasteiger partial charge in [-0.15, -0.1) is 0 Å². The lowest BCUT2D eigenvalue weighted by molar-refractivity contribution is -0.134. The second-order valence-corrected chi connectivity index (χ2v) is 5.01. The first-order valence-electron chi connectivity index (χ1n) is 6.59. The summed E-state index contributed by atoms with van der Waals surface area (Å²) in [5.41, 5.74) is 0.198. The van der Waals surface area contributed by atoms with E-state index >= 15 is 0 Å². The molecule has 2 rings (SSSR count). The molecule has 0 bridgehead atoms. The molecular weight excluding hydrogens is 294 g/mol. The summed E-state index contributed by atoms with van der Waals surface area (Å²) in [6, 6.07) is 2.10. The minimum absolute atomic E-state index is 0.198. The van der Waals surface area contributed by atoms with Crippen LogP contribution in [0.2, 0.25) is 0 Å². The molecule has 0 saturated carbocycles. The van der Waals surface area contributed by atoms with Crippen LogP contribution in [-0.4, -0.2) is 34.4 Å². The zero-order valence-electron chi connectivity index (χ0n) is 11.9. The average Bonchev–Trinajstić information content (AvgIpc) is 2.82. The predicted molar refractivity (Wildman–Crippen MR) is 74.5 cm³/mol. The van der Waals surface area contributed by atoms with Gasteiger partial charge < -0.3 is 5.32 Å². The van der Waals surface area contributed by atoms with E-state index in [4.69, 9.17) is 5.84 Å². The van der Waals surface area contributed by atoms with Crippen molar-refractivity contribution in [3.05, 3.63) is 47.8 Å². The molecule has 1 aromatic carbocycles. The molecule has 1 heterocycles. The van der Waals surface area contributed by atoms with Gasteiger partial charge >= 0.3 is 0 Å². The van der Waals surface area contributed by atoms with Crippen LogP contribution in [0.5, 0.6) is 0 Å². The number of hydrogen-bond donors (Lipinski definition) is 2. The summed E-state index contributed by atoms with van der Waals surface area (Å²) in [4.78, 5) is 25.2. The Hall–Kier alpha value is -2.48. The minimum Gasteiger partial charge on any atom is -0.344 e. The summed E-state index contributed by atoms with van der Waals surface area (Å²) in [7, 11) is 0. The summed E-state index contributed by atoms with van der Waals surface area (Å²) < 4.78 is 26.1. The van der Waals surface area contributed by atoms with Crippen LogP contribution in [0, 0.1) is 11.6 Å². The Morgan fingerprint density at radius 3 is 2.45 bits per heavy atom. The standard InChI is InChI=1S/C14H16F2N4O2/c1-9(14(22)19-2-3-20(17)8-19)18-13(21)6-10-4-11(15)7-12(16)5-10/h2-5,7,9H,6,8,17H2,1H3,(H,18,21)/t9-/m1/s1. The van der Waals surface area contributed by atoms with Gasteiger partial charge in [-0.25, -0.2) is 14.6 Å². The zero-order chi connectivity index (χ0) is 16.3. The number of carbonyl (C=O) groups is 2. The average molecular weight is 310 g/mol. The summed E-state index contributed by atoms with van der Waals surface area (Å²) in [6.45, 7) is 1.73. The maximum atomic E-state index is 13.1.